The first-order valence-corrected chi connectivity index (χ1v) is 6.60. The molecule has 0 radical (unpaired) electrons. The normalized spacial score (nSPS) is 14.1. The number of benzene rings is 1. The number of hydrogen-bond donors (Lipinski definition) is 1. The fourth-order valence-corrected chi connectivity index (χ4v) is 2.08. The smallest absolute Gasteiger partial charge is 0.134 e. The molecule has 18 heavy (non-hydrogen) atoms. The van der Waals surface area contributed by atoms with Crippen molar-refractivity contribution in [3.63, 3.8) is 0 Å². The molecule has 0 saturated carbocycles. The highest BCUT2D eigenvalue weighted by Gasteiger charge is 2.22. The Hall–Kier alpha value is -0.990. The van der Waals surface area contributed by atoms with Crippen LogP contribution < -0.4 is 0 Å². The third-order valence-corrected chi connectivity index (χ3v) is 3.43. The summed E-state index contributed by atoms with van der Waals surface area (Å²) in [6.07, 6.45) is 1.12. The molecule has 0 bridgehead atoms. The lowest BCUT2D eigenvalue weighted by Gasteiger charge is -2.25. The summed E-state index contributed by atoms with van der Waals surface area (Å²) in [7, 11) is 0. The summed E-state index contributed by atoms with van der Waals surface area (Å²) in [5.41, 5.74) is 0.759. The van der Waals surface area contributed by atoms with E-state index in [1.54, 1.807) is 0 Å². The second-order valence-electron chi connectivity index (χ2n) is 5.82. The molecule has 0 aliphatic carbocycles. The molecule has 1 unspecified atom stereocenters. The van der Waals surface area contributed by atoms with E-state index in [0.717, 1.165) is 23.2 Å². The average molecular weight is 267 g/mol. The fraction of sp³-hybridized carbons (Fsp3) is 0.467. The minimum atomic E-state index is -0.325. The molecule has 1 aromatic carbocycles. The Morgan fingerprint density at radius 3 is 2.67 bits per heavy atom. The number of halogens is 1. The molecule has 98 valence electrons. The molecular weight excluding hydrogens is 248 g/mol. The van der Waals surface area contributed by atoms with Gasteiger partial charge in [-0.3, -0.25) is 0 Å². The zero-order valence-electron chi connectivity index (χ0n) is 11.0. The molecule has 1 N–H and O–H groups in total. The molecule has 2 nitrogen and oxygen atoms in total. The lowest BCUT2D eigenvalue weighted by Crippen LogP contribution is -2.26. The van der Waals surface area contributed by atoms with Crippen LogP contribution in [0.1, 0.15) is 33.0 Å². The van der Waals surface area contributed by atoms with Crippen molar-refractivity contribution in [2.75, 3.05) is 0 Å². The number of aliphatic hydroxyl groups is 1. The molecule has 2 rings (SSSR count). The Labute approximate surface area is 113 Å². The van der Waals surface area contributed by atoms with Crippen LogP contribution in [0.4, 0.5) is 0 Å². The highest BCUT2D eigenvalue weighted by atomic mass is 35.5. The van der Waals surface area contributed by atoms with Crippen LogP contribution >= 0.6 is 11.6 Å². The maximum Gasteiger partial charge on any atom is 0.134 e. The predicted octanol–water partition coefficient (Wildman–Crippen LogP) is 4.43. The number of aliphatic hydroxyl groups excluding tert-OH is 1. The van der Waals surface area contributed by atoms with Gasteiger partial charge < -0.3 is 9.52 Å². The Kier molecular flexibility index (Phi) is 3.69. The maximum absolute atomic E-state index is 10.0. The summed E-state index contributed by atoms with van der Waals surface area (Å²) >= 11 is 5.93. The van der Waals surface area contributed by atoms with E-state index in [0.29, 0.717) is 11.4 Å². The van der Waals surface area contributed by atoms with Gasteiger partial charge in [-0.1, -0.05) is 32.4 Å². The molecule has 0 spiro atoms. The van der Waals surface area contributed by atoms with E-state index >= 15 is 0 Å². The Morgan fingerprint density at radius 1 is 1.28 bits per heavy atom. The zero-order valence-corrected chi connectivity index (χ0v) is 11.8. The van der Waals surface area contributed by atoms with Crippen LogP contribution in [0.5, 0.6) is 0 Å². The van der Waals surface area contributed by atoms with Crippen molar-refractivity contribution in [2.24, 2.45) is 5.41 Å². The Morgan fingerprint density at radius 2 is 2.00 bits per heavy atom. The topological polar surface area (TPSA) is 33.4 Å². The van der Waals surface area contributed by atoms with Gasteiger partial charge in [0.2, 0.25) is 0 Å². The van der Waals surface area contributed by atoms with Gasteiger partial charge in [0.25, 0.3) is 0 Å². The van der Waals surface area contributed by atoms with Crippen molar-refractivity contribution in [3.8, 4) is 0 Å². The second-order valence-corrected chi connectivity index (χ2v) is 6.25. The molecule has 0 amide bonds. The molecule has 3 heteroatoms. The van der Waals surface area contributed by atoms with Crippen molar-refractivity contribution < 1.29 is 9.52 Å². The highest BCUT2D eigenvalue weighted by molar-refractivity contribution is 6.31. The van der Waals surface area contributed by atoms with Crippen LogP contribution in [0, 0.1) is 5.41 Å². The van der Waals surface area contributed by atoms with E-state index in [1.807, 2.05) is 45.0 Å². The van der Waals surface area contributed by atoms with E-state index in [4.69, 9.17) is 16.0 Å². The second kappa shape index (κ2) is 4.94. The number of fused-ring (bicyclic) bond motifs is 1. The van der Waals surface area contributed by atoms with Crippen molar-refractivity contribution in [1.82, 2.24) is 0 Å². The first-order valence-electron chi connectivity index (χ1n) is 6.22. The van der Waals surface area contributed by atoms with Crippen LogP contribution in [0.15, 0.2) is 28.7 Å². The number of rotatable bonds is 3. The van der Waals surface area contributed by atoms with E-state index in [9.17, 15) is 5.11 Å². The average Bonchev–Trinajstić information content (AvgIpc) is 2.66. The van der Waals surface area contributed by atoms with Crippen LogP contribution in [-0.4, -0.2) is 11.2 Å². The van der Waals surface area contributed by atoms with Gasteiger partial charge in [-0.25, -0.2) is 0 Å². The van der Waals surface area contributed by atoms with E-state index < -0.39 is 0 Å². The van der Waals surface area contributed by atoms with Gasteiger partial charge in [-0.2, -0.15) is 0 Å². The molecule has 0 fully saturated rings. The monoisotopic (exact) mass is 266 g/mol. The summed E-state index contributed by atoms with van der Waals surface area (Å²) in [6, 6.07) is 7.59. The van der Waals surface area contributed by atoms with Gasteiger partial charge in [0, 0.05) is 16.8 Å². The van der Waals surface area contributed by atoms with Crippen LogP contribution in [0.2, 0.25) is 5.02 Å². The molecule has 1 atom stereocenters. The van der Waals surface area contributed by atoms with E-state index in [1.165, 1.54) is 0 Å². The summed E-state index contributed by atoms with van der Waals surface area (Å²) in [5, 5.41) is 11.7. The first kappa shape index (κ1) is 13.4. The quantitative estimate of drug-likeness (QED) is 0.892. The predicted molar refractivity (Wildman–Crippen MR) is 75.0 cm³/mol. The third kappa shape index (κ3) is 3.06. The summed E-state index contributed by atoms with van der Waals surface area (Å²) in [4.78, 5) is 0. The fourth-order valence-electron chi connectivity index (χ4n) is 1.90. The van der Waals surface area contributed by atoms with Gasteiger partial charge in [-0.15, -0.1) is 0 Å². The molecule has 0 aliphatic heterocycles. The minimum absolute atomic E-state index is 0.0880. The third-order valence-electron chi connectivity index (χ3n) is 3.19. The lowest BCUT2D eigenvalue weighted by molar-refractivity contribution is 0.0549. The lowest BCUT2D eigenvalue weighted by atomic mass is 9.86. The van der Waals surface area contributed by atoms with Crippen LogP contribution in [0.25, 0.3) is 11.0 Å². The van der Waals surface area contributed by atoms with Crippen molar-refractivity contribution in [2.45, 2.75) is 39.7 Å². The molecule has 1 heterocycles. The Bertz CT molecular complexity index is 537. The minimum Gasteiger partial charge on any atom is -0.461 e. The highest BCUT2D eigenvalue weighted by Crippen LogP contribution is 2.26. The van der Waals surface area contributed by atoms with Gasteiger partial charge in [0.15, 0.2) is 0 Å². The molecular formula is C15H19ClO2. The first-order chi connectivity index (χ1) is 8.36. The van der Waals surface area contributed by atoms with Gasteiger partial charge in [0.05, 0.1) is 6.10 Å². The van der Waals surface area contributed by atoms with Gasteiger partial charge in [-0.05, 0) is 36.1 Å². The van der Waals surface area contributed by atoms with Gasteiger partial charge >= 0.3 is 0 Å². The van der Waals surface area contributed by atoms with Crippen LogP contribution in [0.3, 0.4) is 0 Å². The van der Waals surface area contributed by atoms with E-state index in [2.05, 4.69) is 0 Å². The number of hydrogen-bond acceptors (Lipinski definition) is 2. The molecule has 0 saturated heterocycles. The summed E-state index contributed by atoms with van der Waals surface area (Å²) in [5.74, 6) is 0.899. The summed E-state index contributed by atoms with van der Waals surface area (Å²) in [6.45, 7) is 6.11. The van der Waals surface area contributed by atoms with Crippen LogP contribution in [-0.2, 0) is 6.42 Å². The van der Waals surface area contributed by atoms with E-state index in [-0.39, 0.29) is 11.5 Å². The number of furan rings is 1. The van der Waals surface area contributed by atoms with Crippen molar-refractivity contribution in [1.29, 1.82) is 0 Å². The largest absolute Gasteiger partial charge is 0.461 e. The van der Waals surface area contributed by atoms with Gasteiger partial charge in [0.1, 0.15) is 11.3 Å². The number of aryl methyl sites for hydroxylation is 1. The molecule has 0 aliphatic rings. The SMILES string of the molecule is CC(C)(C)C(O)CCc1cc2cc(Cl)ccc2o1. The standard InChI is InChI=1S/C15H19ClO2/c1-15(2,3)14(17)7-5-12-9-10-8-11(16)4-6-13(10)18-12/h4,6,8-9,14,17H,5,7H2,1-3H3. The van der Waals surface area contributed by atoms with Crippen molar-refractivity contribution in [3.05, 3.63) is 35.0 Å². The molecule has 1 aromatic heterocycles. The molecule has 2 aromatic rings. The maximum atomic E-state index is 10.0. The van der Waals surface area contributed by atoms with Crippen molar-refractivity contribution >= 4 is 22.6 Å². The zero-order chi connectivity index (χ0) is 13.3. The summed E-state index contributed by atoms with van der Waals surface area (Å²) < 4.78 is 5.72. The Balaban J connectivity index is 2.09.